The second-order valence-corrected chi connectivity index (χ2v) is 12.9. The highest BCUT2D eigenvalue weighted by Crippen LogP contribution is 2.27. The van der Waals surface area contributed by atoms with Crippen molar-refractivity contribution in [3.63, 3.8) is 0 Å². The van der Waals surface area contributed by atoms with Gasteiger partial charge in [0, 0.05) is 45.3 Å². The molecular formula is C35H47N7O5. The van der Waals surface area contributed by atoms with Gasteiger partial charge in [-0.1, -0.05) is 36.6 Å². The molecular weight excluding hydrogens is 598 g/mol. The highest BCUT2D eigenvalue weighted by atomic mass is 16.5. The van der Waals surface area contributed by atoms with Gasteiger partial charge in [0.1, 0.15) is 29.6 Å². The first-order valence-corrected chi connectivity index (χ1v) is 17.1. The number of amides is 2. The van der Waals surface area contributed by atoms with Crippen LogP contribution in [-0.2, 0) is 16.0 Å². The van der Waals surface area contributed by atoms with Gasteiger partial charge in [0.15, 0.2) is 0 Å². The third kappa shape index (κ3) is 8.66. The summed E-state index contributed by atoms with van der Waals surface area (Å²) in [5, 5.41) is 11.7. The zero-order valence-electron chi connectivity index (χ0n) is 27.4. The van der Waals surface area contributed by atoms with Crippen molar-refractivity contribution >= 4 is 11.8 Å². The SMILES string of the molecule is COc1ccccc1-n1cc(C[C@H]2NC(=O)c3cccnc3OCCOCCN(CC3CCCCC3)CC3CCN(CC3)C2=O)nn1. The Morgan fingerprint density at radius 2 is 1.79 bits per heavy atom. The van der Waals surface area contributed by atoms with Gasteiger partial charge in [-0.3, -0.25) is 9.59 Å². The van der Waals surface area contributed by atoms with Crippen LogP contribution >= 0.6 is 0 Å². The number of rotatable bonds is 6. The number of benzene rings is 1. The zero-order chi connectivity index (χ0) is 32.4. The van der Waals surface area contributed by atoms with E-state index in [2.05, 4.69) is 25.5 Å². The molecule has 3 aromatic rings. The normalized spacial score (nSPS) is 22.5. The number of pyridine rings is 1. The molecule has 2 aromatic heterocycles. The van der Waals surface area contributed by atoms with Gasteiger partial charge < -0.3 is 29.3 Å². The second kappa shape index (κ2) is 16.2. The number of hydrogen-bond acceptors (Lipinski definition) is 9. The standard InChI is InChI=1S/C35H47N7O5/c1-45-32-12-6-5-11-31(32)42-25-28(38-39-42)22-30-35(44)41-16-13-27(14-17-41)24-40(23-26-8-3-2-4-9-26)18-19-46-20-21-47-34-29(33(43)37-30)10-7-15-36-34/h5-7,10-12,15,25-27,30H,2-4,8-9,13-14,16-24H2,1H3,(H,37,43)/t30-/m1/s1. The maximum Gasteiger partial charge on any atom is 0.257 e. The Hall–Kier alpha value is -4.03. The maximum atomic E-state index is 14.1. The average Bonchev–Trinajstić information content (AvgIpc) is 3.58. The van der Waals surface area contributed by atoms with E-state index in [-0.39, 0.29) is 30.4 Å². The molecule has 1 N–H and O–H groups in total. The first-order valence-electron chi connectivity index (χ1n) is 17.1. The monoisotopic (exact) mass is 645 g/mol. The molecule has 0 unspecified atom stereocenters. The Bertz CT molecular complexity index is 1470. The van der Waals surface area contributed by atoms with Gasteiger partial charge in [0.2, 0.25) is 11.8 Å². The van der Waals surface area contributed by atoms with Gasteiger partial charge in [-0.05, 0) is 61.8 Å². The quantitative estimate of drug-likeness (QED) is 0.401. The molecule has 7 rings (SSSR count). The number of carbonyl (C=O) groups excluding carboxylic acids is 2. The summed E-state index contributed by atoms with van der Waals surface area (Å²) in [6, 6.07) is 10.0. The lowest BCUT2D eigenvalue weighted by molar-refractivity contribution is -0.134. The third-order valence-electron chi connectivity index (χ3n) is 9.61. The van der Waals surface area contributed by atoms with Crippen LogP contribution in [-0.4, -0.2) is 107 Å². The van der Waals surface area contributed by atoms with Crippen molar-refractivity contribution in [2.75, 3.05) is 59.7 Å². The van der Waals surface area contributed by atoms with E-state index in [4.69, 9.17) is 14.2 Å². The molecule has 1 saturated heterocycles. The molecule has 1 aliphatic carbocycles. The topological polar surface area (TPSA) is 124 Å². The number of fused-ring (bicyclic) bond motifs is 12. The van der Waals surface area contributed by atoms with Gasteiger partial charge in [-0.2, -0.15) is 0 Å². The number of para-hydroxylation sites is 2. The molecule has 1 saturated carbocycles. The number of hydrogen-bond donors (Lipinski definition) is 1. The largest absolute Gasteiger partial charge is 0.494 e. The molecule has 5 heterocycles. The lowest BCUT2D eigenvalue weighted by atomic mass is 9.88. The van der Waals surface area contributed by atoms with Crippen LogP contribution in [0, 0.1) is 11.8 Å². The van der Waals surface area contributed by atoms with Crippen LogP contribution in [0.25, 0.3) is 5.69 Å². The zero-order valence-corrected chi connectivity index (χ0v) is 27.4. The first kappa shape index (κ1) is 32.9. The van der Waals surface area contributed by atoms with Crippen molar-refractivity contribution in [2.45, 2.75) is 57.4 Å². The van der Waals surface area contributed by atoms with E-state index in [1.807, 2.05) is 29.2 Å². The Morgan fingerprint density at radius 3 is 2.62 bits per heavy atom. The highest BCUT2D eigenvalue weighted by molar-refractivity contribution is 5.99. The van der Waals surface area contributed by atoms with Gasteiger partial charge >= 0.3 is 0 Å². The van der Waals surface area contributed by atoms with E-state index in [1.165, 1.54) is 32.1 Å². The molecule has 1 atom stereocenters. The van der Waals surface area contributed by atoms with E-state index in [0.717, 1.165) is 44.1 Å². The highest BCUT2D eigenvalue weighted by Gasteiger charge is 2.32. The number of aromatic nitrogens is 4. The van der Waals surface area contributed by atoms with Crippen molar-refractivity contribution in [3.8, 4) is 17.3 Å². The lowest BCUT2D eigenvalue weighted by Gasteiger charge is -2.37. The molecule has 0 spiro atoms. The Labute approximate surface area is 276 Å². The van der Waals surface area contributed by atoms with Crippen LogP contribution in [0.3, 0.4) is 0 Å². The van der Waals surface area contributed by atoms with Crippen molar-refractivity contribution in [3.05, 3.63) is 60.0 Å². The van der Waals surface area contributed by atoms with Gasteiger partial charge in [-0.15, -0.1) is 5.10 Å². The molecule has 0 radical (unpaired) electrons. The smallest absolute Gasteiger partial charge is 0.257 e. The third-order valence-corrected chi connectivity index (χ3v) is 9.61. The predicted molar refractivity (Wildman–Crippen MR) is 176 cm³/mol. The number of piperidine rings is 1. The van der Waals surface area contributed by atoms with E-state index in [0.29, 0.717) is 43.7 Å². The second-order valence-electron chi connectivity index (χ2n) is 12.9. The van der Waals surface area contributed by atoms with Crippen LogP contribution in [0.2, 0.25) is 0 Å². The fourth-order valence-electron chi connectivity index (χ4n) is 7.06. The van der Waals surface area contributed by atoms with Gasteiger partial charge in [0.05, 0.1) is 32.2 Å². The minimum absolute atomic E-state index is 0.122. The fraction of sp³-hybridized carbons (Fsp3) is 0.571. The number of methoxy groups -OCH3 is 1. The summed E-state index contributed by atoms with van der Waals surface area (Å²) in [6.07, 6.45) is 12.0. The molecule has 252 valence electrons. The molecule has 47 heavy (non-hydrogen) atoms. The van der Waals surface area contributed by atoms with Gasteiger partial charge in [-0.25, -0.2) is 9.67 Å². The van der Waals surface area contributed by atoms with E-state index < -0.39 is 11.9 Å². The summed E-state index contributed by atoms with van der Waals surface area (Å²) >= 11 is 0. The van der Waals surface area contributed by atoms with Crippen LogP contribution in [0.1, 0.15) is 61.0 Å². The minimum atomic E-state index is -0.847. The summed E-state index contributed by atoms with van der Waals surface area (Å²) in [5.41, 5.74) is 1.57. The Morgan fingerprint density at radius 1 is 0.957 bits per heavy atom. The summed E-state index contributed by atoms with van der Waals surface area (Å²) < 4.78 is 19.0. The van der Waals surface area contributed by atoms with Crippen LogP contribution in [0.15, 0.2) is 48.8 Å². The number of carbonyl (C=O) groups is 2. The summed E-state index contributed by atoms with van der Waals surface area (Å²) in [7, 11) is 1.61. The predicted octanol–water partition coefficient (Wildman–Crippen LogP) is 3.54. The maximum absolute atomic E-state index is 14.1. The van der Waals surface area contributed by atoms with E-state index in [9.17, 15) is 9.59 Å². The molecule has 3 aliphatic heterocycles. The van der Waals surface area contributed by atoms with Crippen LogP contribution in [0.4, 0.5) is 0 Å². The average molecular weight is 646 g/mol. The van der Waals surface area contributed by atoms with E-state index >= 15 is 0 Å². The molecule has 2 bridgehead atoms. The number of nitrogens with zero attached hydrogens (tertiary/aromatic N) is 6. The fourth-order valence-corrected chi connectivity index (χ4v) is 7.06. The summed E-state index contributed by atoms with van der Waals surface area (Å²) in [6.45, 7) is 5.61. The molecule has 2 amide bonds. The van der Waals surface area contributed by atoms with Crippen molar-refractivity contribution < 1.29 is 23.8 Å². The lowest BCUT2D eigenvalue weighted by Crippen LogP contribution is -2.52. The summed E-state index contributed by atoms with van der Waals surface area (Å²) in [5.74, 6) is 1.57. The number of nitrogens with one attached hydrogen (secondary N) is 1. The minimum Gasteiger partial charge on any atom is -0.494 e. The van der Waals surface area contributed by atoms with Gasteiger partial charge in [0.25, 0.3) is 5.91 Å². The number of ether oxygens (including phenoxy) is 3. The summed E-state index contributed by atoms with van der Waals surface area (Å²) in [4.78, 5) is 36.6. The van der Waals surface area contributed by atoms with Crippen LogP contribution in [0.5, 0.6) is 11.6 Å². The Balaban J connectivity index is 1.21. The van der Waals surface area contributed by atoms with Crippen molar-refractivity contribution in [1.29, 1.82) is 0 Å². The van der Waals surface area contributed by atoms with E-state index in [1.54, 1.807) is 36.3 Å². The Kier molecular flexibility index (Phi) is 11.3. The first-order chi connectivity index (χ1) is 23.1. The molecule has 4 aliphatic rings. The van der Waals surface area contributed by atoms with Crippen LogP contribution < -0.4 is 14.8 Å². The molecule has 12 nitrogen and oxygen atoms in total. The molecule has 2 fully saturated rings. The molecule has 1 aromatic carbocycles. The van der Waals surface area contributed by atoms with Crippen molar-refractivity contribution in [1.82, 2.24) is 35.1 Å². The van der Waals surface area contributed by atoms with Crippen molar-refractivity contribution in [2.24, 2.45) is 11.8 Å². The molecule has 12 heteroatoms.